The average molecular weight is 717 g/mol. The minimum absolute atomic E-state index is 0.0970. The molecule has 51 heavy (non-hydrogen) atoms. The normalized spacial score (nSPS) is 22.2. The first-order valence-corrected chi connectivity index (χ1v) is 18.7. The van der Waals surface area contributed by atoms with Crippen LogP contribution in [0.1, 0.15) is 104 Å². The molecule has 4 N–H and O–H groups in total. The van der Waals surface area contributed by atoms with Gasteiger partial charge in [0.1, 0.15) is 31.0 Å². The van der Waals surface area contributed by atoms with Gasteiger partial charge in [0, 0.05) is 12.8 Å². The third-order valence-corrected chi connectivity index (χ3v) is 7.79. The van der Waals surface area contributed by atoms with Gasteiger partial charge in [-0.3, -0.25) is 9.59 Å². The maximum Gasteiger partial charge on any atom is 0.306 e. The fourth-order valence-corrected chi connectivity index (χ4v) is 4.86. The van der Waals surface area contributed by atoms with Crippen molar-refractivity contribution in [3.8, 4) is 0 Å². The minimum Gasteiger partial charge on any atom is -0.462 e. The molecule has 1 rings (SSSR count). The number of unbranched alkanes of at least 4 members (excludes halogenated alkanes) is 3. The van der Waals surface area contributed by atoms with Crippen LogP contribution in [0.25, 0.3) is 0 Å². The highest BCUT2D eigenvalue weighted by molar-refractivity contribution is 5.70. The van der Waals surface area contributed by atoms with Crippen LogP contribution < -0.4 is 0 Å². The number of carbonyl (C=O) groups excluding carboxylic acids is 2. The molecule has 10 heteroatoms. The van der Waals surface area contributed by atoms with Gasteiger partial charge in [0.15, 0.2) is 12.4 Å². The SMILES string of the molecule is CC/C=C\C/C=C\C/C=C\C/C=C\CCC(=O)OC(COC(=O)CCCCC/C=C\C/C=C\C/C=C\CC)COC1OC(CO)C(O)C(O)C1O. The molecule has 1 heterocycles. The summed E-state index contributed by atoms with van der Waals surface area (Å²) in [6.07, 6.45) is 31.9. The molecule has 0 bridgehead atoms. The van der Waals surface area contributed by atoms with Gasteiger partial charge in [-0.1, -0.05) is 105 Å². The summed E-state index contributed by atoms with van der Waals surface area (Å²) in [6, 6.07) is 0. The highest BCUT2D eigenvalue weighted by Gasteiger charge is 2.44. The number of aliphatic hydroxyl groups excluding tert-OH is 4. The number of hydrogen-bond acceptors (Lipinski definition) is 10. The van der Waals surface area contributed by atoms with Crippen LogP contribution in [-0.4, -0.2) is 89.0 Å². The van der Waals surface area contributed by atoms with Gasteiger partial charge >= 0.3 is 11.9 Å². The van der Waals surface area contributed by atoms with Crippen molar-refractivity contribution in [2.75, 3.05) is 19.8 Å². The van der Waals surface area contributed by atoms with Gasteiger partial charge in [-0.15, -0.1) is 0 Å². The summed E-state index contributed by atoms with van der Waals surface area (Å²) in [7, 11) is 0. The van der Waals surface area contributed by atoms with Crippen molar-refractivity contribution in [3.63, 3.8) is 0 Å². The molecule has 10 nitrogen and oxygen atoms in total. The van der Waals surface area contributed by atoms with Crippen LogP contribution in [0, 0.1) is 0 Å². The maximum absolute atomic E-state index is 12.6. The second-order valence-corrected chi connectivity index (χ2v) is 12.3. The maximum atomic E-state index is 12.6. The largest absolute Gasteiger partial charge is 0.462 e. The Hall–Kier alpha value is -3.12. The highest BCUT2D eigenvalue weighted by atomic mass is 16.7. The summed E-state index contributed by atoms with van der Waals surface area (Å²) in [5, 5.41) is 39.9. The van der Waals surface area contributed by atoms with Gasteiger partial charge < -0.3 is 39.4 Å². The zero-order valence-corrected chi connectivity index (χ0v) is 30.8. The van der Waals surface area contributed by atoms with E-state index in [2.05, 4.69) is 86.8 Å². The van der Waals surface area contributed by atoms with E-state index in [0.717, 1.165) is 64.2 Å². The summed E-state index contributed by atoms with van der Waals surface area (Å²) in [4.78, 5) is 25.1. The number of hydrogen-bond donors (Lipinski definition) is 4. The summed E-state index contributed by atoms with van der Waals surface area (Å²) in [6.45, 7) is 3.04. The van der Waals surface area contributed by atoms with Gasteiger partial charge in [0.25, 0.3) is 0 Å². The molecule has 1 aliphatic rings. The van der Waals surface area contributed by atoms with Gasteiger partial charge in [0.2, 0.25) is 0 Å². The molecule has 0 amide bonds. The Morgan fingerprint density at radius 1 is 0.608 bits per heavy atom. The van der Waals surface area contributed by atoms with Crippen LogP contribution in [0.3, 0.4) is 0 Å². The lowest BCUT2D eigenvalue weighted by Gasteiger charge is -2.39. The molecular weight excluding hydrogens is 652 g/mol. The van der Waals surface area contributed by atoms with Crippen LogP contribution >= 0.6 is 0 Å². The van der Waals surface area contributed by atoms with E-state index in [1.807, 2.05) is 12.2 Å². The Kier molecular flexibility index (Phi) is 28.4. The molecule has 0 spiro atoms. The Morgan fingerprint density at radius 3 is 1.69 bits per heavy atom. The smallest absolute Gasteiger partial charge is 0.306 e. The number of ether oxygens (including phenoxy) is 4. The van der Waals surface area contributed by atoms with Crippen LogP contribution in [0.4, 0.5) is 0 Å². The van der Waals surface area contributed by atoms with Gasteiger partial charge in [-0.05, 0) is 70.6 Å². The average Bonchev–Trinajstić information content (AvgIpc) is 3.13. The van der Waals surface area contributed by atoms with Crippen molar-refractivity contribution in [2.24, 2.45) is 0 Å². The Bertz CT molecular complexity index is 1100. The number of allylic oxidation sites excluding steroid dienone is 14. The number of esters is 2. The fourth-order valence-electron chi connectivity index (χ4n) is 4.86. The molecule has 288 valence electrons. The van der Waals surface area contributed by atoms with E-state index in [4.69, 9.17) is 18.9 Å². The molecule has 1 fully saturated rings. The Morgan fingerprint density at radius 2 is 1.14 bits per heavy atom. The minimum atomic E-state index is -1.61. The topological polar surface area (TPSA) is 152 Å². The molecule has 1 aliphatic heterocycles. The van der Waals surface area contributed by atoms with E-state index in [1.54, 1.807) is 0 Å². The fraction of sp³-hybridized carbons (Fsp3) is 0.610. The first-order valence-electron chi connectivity index (χ1n) is 18.7. The summed E-state index contributed by atoms with van der Waals surface area (Å²) < 4.78 is 21.9. The first kappa shape index (κ1) is 45.9. The van der Waals surface area contributed by atoms with Crippen molar-refractivity contribution >= 4 is 11.9 Å². The molecule has 1 saturated heterocycles. The molecule has 0 saturated carbocycles. The van der Waals surface area contributed by atoms with Crippen LogP contribution in [0.5, 0.6) is 0 Å². The predicted octanol–water partition coefficient (Wildman–Crippen LogP) is 6.65. The Labute approximate surface area is 305 Å². The van der Waals surface area contributed by atoms with Crippen molar-refractivity contribution in [1.29, 1.82) is 0 Å². The molecule has 0 aromatic heterocycles. The summed E-state index contributed by atoms with van der Waals surface area (Å²) in [5.74, 6) is -0.950. The first-order chi connectivity index (χ1) is 24.8. The third-order valence-electron chi connectivity index (χ3n) is 7.79. The Balaban J connectivity index is 2.50. The second-order valence-electron chi connectivity index (χ2n) is 12.3. The zero-order valence-electron chi connectivity index (χ0n) is 30.8. The third kappa shape index (κ3) is 23.9. The summed E-state index contributed by atoms with van der Waals surface area (Å²) >= 11 is 0. The van der Waals surface area contributed by atoms with E-state index >= 15 is 0 Å². The van der Waals surface area contributed by atoms with Crippen molar-refractivity contribution in [3.05, 3.63) is 85.1 Å². The van der Waals surface area contributed by atoms with Gasteiger partial charge in [-0.25, -0.2) is 0 Å². The van der Waals surface area contributed by atoms with Crippen molar-refractivity contribution < 1.29 is 49.0 Å². The second kappa shape index (κ2) is 31.6. The summed E-state index contributed by atoms with van der Waals surface area (Å²) in [5.41, 5.74) is 0. The number of rotatable bonds is 28. The van der Waals surface area contributed by atoms with E-state index in [9.17, 15) is 30.0 Å². The standard InChI is InChI=1S/C41H64O10/c1-3-5-7-9-11-13-15-17-19-21-23-25-27-29-36(43)48-32-34(33-49-41-40(47)39(46)38(45)35(31-42)51-41)50-37(44)30-28-26-24-22-20-18-16-14-12-10-8-6-4-2/h5-8,11-14,17-20,24,26,34-35,38-42,45-47H,3-4,9-10,15-16,21-23,25,27-33H2,1-2H3/b7-5-,8-6-,13-11-,14-12-,19-17-,20-18-,26-24-. The molecule has 6 atom stereocenters. The lowest BCUT2D eigenvalue weighted by atomic mass is 9.99. The molecule has 0 radical (unpaired) electrons. The van der Waals surface area contributed by atoms with Crippen LogP contribution in [0.2, 0.25) is 0 Å². The van der Waals surface area contributed by atoms with Crippen LogP contribution in [0.15, 0.2) is 85.1 Å². The quantitative estimate of drug-likeness (QED) is 0.0393. The monoisotopic (exact) mass is 716 g/mol. The zero-order chi connectivity index (χ0) is 37.4. The lowest BCUT2D eigenvalue weighted by Crippen LogP contribution is -2.59. The van der Waals surface area contributed by atoms with Crippen molar-refractivity contribution in [1.82, 2.24) is 0 Å². The molecule has 0 aromatic carbocycles. The molecule has 0 aliphatic carbocycles. The van der Waals surface area contributed by atoms with E-state index in [1.165, 1.54) is 0 Å². The van der Waals surface area contributed by atoms with Gasteiger partial charge in [-0.2, -0.15) is 0 Å². The molecular formula is C41H64O10. The number of carbonyl (C=O) groups is 2. The number of aliphatic hydroxyl groups is 4. The molecule has 6 unspecified atom stereocenters. The van der Waals surface area contributed by atoms with E-state index in [0.29, 0.717) is 12.8 Å². The highest BCUT2D eigenvalue weighted by Crippen LogP contribution is 2.22. The van der Waals surface area contributed by atoms with Crippen LogP contribution in [-0.2, 0) is 28.5 Å². The van der Waals surface area contributed by atoms with E-state index < -0.39 is 55.4 Å². The predicted molar refractivity (Wildman–Crippen MR) is 201 cm³/mol. The van der Waals surface area contributed by atoms with Gasteiger partial charge in [0.05, 0.1) is 13.2 Å². The molecule has 0 aromatic rings. The van der Waals surface area contributed by atoms with E-state index in [-0.39, 0.29) is 26.1 Å². The van der Waals surface area contributed by atoms with Crippen molar-refractivity contribution in [2.45, 2.75) is 141 Å². The lowest BCUT2D eigenvalue weighted by molar-refractivity contribution is -0.305.